The standard InChI is InChI=1S/C20H31N3O2/c1-16(24)21-19-5-3-4-17(12-19)13-22(2)20-6-9-23(10-7-20)14-18-8-11-25-15-18/h3-5,12,18,20H,6-11,13-15H2,1-2H3,(H,21,24)/t18-/m0/s1. The number of rotatable bonds is 6. The number of hydrogen-bond donors (Lipinski definition) is 1. The predicted octanol–water partition coefficient (Wildman–Crippen LogP) is 2.58. The molecule has 0 saturated carbocycles. The van der Waals surface area contributed by atoms with Gasteiger partial charge in [0, 0.05) is 38.3 Å². The smallest absolute Gasteiger partial charge is 0.221 e. The third-order valence-corrected chi connectivity index (χ3v) is 5.40. The number of anilines is 1. The number of ether oxygens (including phenoxy) is 1. The first kappa shape index (κ1) is 18.4. The quantitative estimate of drug-likeness (QED) is 0.861. The van der Waals surface area contributed by atoms with Crippen molar-refractivity contribution in [3.63, 3.8) is 0 Å². The molecule has 138 valence electrons. The second-order valence-electron chi connectivity index (χ2n) is 7.56. The van der Waals surface area contributed by atoms with Gasteiger partial charge < -0.3 is 15.0 Å². The number of piperidine rings is 1. The van der Waals surface area contributed by atoms with E-state index in [-0.39, 0.29) is 5.91 Å². The number of nitrogens with zero attached hydrogens (tertiary/aromatic N) is 2. The molecule has 1 aromatic carbocycles. The lowest BCUT2D eigenvalue weighted by atomic mass is 10.0. The Kier molecular flexibility index (Phi) is 6.45. The molecule has 0 aliphatic carbocycles. The number of nitrogens with one attached hydrogen (secondary N) is 1. The molecule has 25 heavy (non-hydrogen) atoms. The summed E-state index contributed by atoms with van der Waals surface area (Å²) in [7, 11) is 2.22. The Bertz CT molecular complexity index is 564. The maximum atomic E-state index is 11.2. The van der Waals surface area contributed by atoms with E-state index in [2.05, 4.69) is 34.3 Å². The van der Waals surface area contributed by atoms with Crippen LogP contribution < -0.4 is 5.32 Å². The van der Waals surface area contributed by atoms with Gasteiger partial charge in [-0.3, -0.25) is 9.69 Å². The van der Waals surface area contributed by atoms with Crippen molar-refractivity contribution >= 4 is 11.6 Å². The second-order valence-corrected chi connectivity index (χ2v) is 7.56. The molecule has 3 rings (SSSR count). The molecule has 1 amide bonds. The maximum absolute atomic E-state index is 11.2. The van der Waals surface area contributed by atoms with Crippen molar-refractivity contribution in [3.8, 4) is 0 Å². The summed E-state index contributed by atoms with van der Waals surface area (Å²) in [5.41, 5.74) is 2.13. The summed E-state index contributed by atoms with van der Waals surface area (Å²) in [6.07, 6.45) is 3.69. The Hall–Kier alpha value is -1.43. The fourth-order valence-corrected chi connectivity index (χ4v) is 4.00. The molecule has 1 atom stereocenters. The highest BCUT2D eigenvalue weighted by molar-refractivity contribution is 5.88. The van der Waals surface area contributed by atoms with E-state index in [0.717, 1.165) is 31.4 Å². The highest BCUT2D eigenvalue weighted by Gasteiger charge is 2.25. The number of amides is 1. The van der Waals surface area contributed by atoms with Crippen molar-refractivity contribution < 1.29 is 9.53 Å². The molecule has 2 heterocycles. The monoisotopic (exact) mass is 345 g/mol. The fourth-order valence-electron chi connectivity index (χ4n) is 4.00. The van der Waals surface area contributed by atoms with Gasteiger partial charge in [-0.2, -0.15) is 0 Å². The lowest BCUT2D eigenvalue weighted by Crippen LogP contribution is -2.44. The Morgan fingerprint density at radius 2 is 2.12 bits per heavy atom. The van der Waals surface area contributed by atoms with E-state index in [4.69, 9.17) is 4.74 Å². The molecule has 5 heteroatoms. The summed E-state index contributed by atoms with van der Waals surface area (Å²) in [4.78, 5) is 16.3. The van der Waals surface area contributed by atoms with Crippen LogP contribution in [-0.2, 0) is 16.1 Å². The van der Waals surface area contributed by atoms with Crippen molar-refractivity contribution in [2.45, 2.75) is 38.8 Å². The van der Waals surface area contributed by atoms with E-state index in [1.807, 2.05) is 12.1 Å². The zero-order chi connectivity index (χ0) is 17.6. The third-order valence-electron chi connectivity index (χ3n) is 5.40. The molecule has 0 bridgehead atoms. The molecule has 0 spiro atoms. The van der Waals surface area contributed by atoms with Gasteiger partial charge in [0.25, 0.3) is 0 Å². The zero-order valence-electron chi connectivity index (χ0n) is 15.5. The number of hydrogen-bond acceptors (Lipinski definition) is 4. The summed E-state index contributed by atoms with van der Waals surface area (Å²) in [5.74, 6) is 0.719. The Balaban J connectivity index is 1.46. The van der Waals surface area contributed by atoms with Crippen LogP contribution in [0.5, 0.6) is 0 Å². The zero-order valence-corrected chi connectivity index (χ0v) is 15.5. The minimum atomic E-state index is -0.0226. The molecule has 0 aromatic heterocycles. The summed E-state index contributed by atoms with van der Waals surface area (Å²) in [6.45, 7) is 7.95. The Labute approximate surface area is 151 Å². The predicted molar refractivity (Wildman–Crippen MR) is 101 cm³/mol. The second kappa shape index (κ2) is 8.79. The van der Waals surface area contributed by atoms with E-state index >= 15 is 0 Å². The third kappa shape index (κ3) is 5.53. The molecule has 1 aromatic rings. The molecule has 2 aliphatic rings. The molecule has 5 nitrogen and oxygen atoms in total. The number of carbonyl (C=O) groups excluding carboxylic acids is 1. The average Bonchev–Trinajstić information content (AvgIpc) is 3.08. The van der Waals surface area contributed by atoms with Crippen LogP contribution in [-0.4, -0.2) is 61.6 Å². The van der Waals surface area contributed by atoms with Crippen molar-refractivity contribution in [2.24, 2.45) is 5.92 Å². The lowest BCUT2D eigenvalue weighted by Gasteiger charge is -2.37. The van der Waals surface area contributed by atoms with Crippen molar-refractivity contribution in [1.82, 2.24) is 9.80 Å². The highest BCUT2D eigenvalue weighted by Crippen LogP contribution is 2.21. The van der Waals surface area contributed by atoms with Crippen molar-refractivity contribution in [1.29, 1.82) is 0 Å². The maximum Gasteiger partial charge on any atom is 0.221 e. The van der Waals surface area contributed by atoms with Gasteiger partial charge in [-0.1, -0.05) is 12.1 Å². The Morgan fingerprint density at radius 3 is 2.80 bits per heavy atom. The van der Waals surface area contributed by atoms with Gasteiger partial charge in [-0.05, 0) is 63.0 Å². The molecular weight excluding hydrogens is 314 g/mol. The molecule has 2 saturated heterocycles. The first-order valence-corrected chi connectivity index (χ1v) is 9.47. The van der Waals surface area contributed by atoms with Crippen LogP contribution in [0.25, 0.3) is 0 Å². The van der Waals surface area contributed by atoms with E-state index in [1.165, 1.54) is 44.5 Å². The SMILES string of the molecule is CC(=O)Nc1cccc(CN(C)C2CCN(C[C@@H]3CCOC3)CC2)c1. The molecule has 0 unspecified atom stereocenters. The number of likely N-dealkylation sites (tertiary alicyclic amines) is 1. The van der Waals surface area contributed by atoms with Crippen molar-refractivity contribution in [2.75, 3.05) is 45.2 Å². The van der Waals surface area contributed by atoms with Crippen LogP contribution >= 0.6 is 0 Å². The summed E-state index contributed by atoms with van der Waals surface area (Å²) in [5, 5.41) is 2.86. The van der Waals surface area contributed by atoms with Gasteiger partial charge >= 0.3 is 0 Å². The average molecular weight is 345 g/mol. The molecule has 2 fully saturated rings. The normalized spacial score (nSPS) is 22.4. The number of carbonyl (C=O) groups is 1. The van der Waals surface area contributed by atoms with E-state index in [1.54, 1.807) is 6.92 Å². The molecule has 2 aliphatic heterocycles. The summed E-state index contributed by atoms with van der Waals surface area (Å²) < 4.78 is 5.50. The van der Waals surface area contributed by atoms with Gasteiger partial charge in [-0.25, -0.2) is 0 Å². The van der Waals surface area contributed by atoms with E-state index in [0.29, 0.717) is 6.04 Å². The highest BCUT2D eigenvalue weighted by atomic mass is 16.5. The topological polar surface area (TPSA) is 44.8 Å². The fraction of sp³-hybridized carbons (Fsp3) is 0.650. The molecule has 0 radical (unpaired) electrons. The van der Waals surface area contributed by atoms with Gasteiger partial charge in [0.2, 0.25) is 5.91 Å². The van der Waals surface area contributed by atoms with Crippen LogP contribution in [0.15, 0.2) is 24.3 Å². The van der Waals surface area contributed by atoms with E-state index in [9.17, 15) is 4.79 Å². The van der Waals surface area contributed by atoms with Crippen LogP contribution in [0.3, 0.4) is 0 Å². The number of benzene rings is 1. The largest absolute Gasteiger partial charge is 0.381 e. The van der Waals surface area contributed by atoms with Gasteiger partial charge in [0.1, 0.15) is 0 Å². The van der Waals surface area contributed by atoms with Gasteiger partial charge in [0.05, 0.1) is 6.61 Å². The van der Waals surface area contributed by atoms with Crippen LogP contribution in [0.2, 0.25) is 0 Å². The minimum absolute atomic E-state index is 0.0226. The van der Waals surface area contributed by atoms with Crippen molar-refractivity contribution in [3.05, 3.63) is 29.8 Å². The summed E-state index contributed by atoms with van der Waals surface area (Å²) in [6, 6.07) is 8.81. The van der Waals surface area contributed by atoms with Crippen LogP contribution in [0.1, 0.15) is 31.7 Å². The van der Waals surface area contributed by atoms with Gasteiger partial charge in [-0.15, -0.1) is 0 Å². The first-order valence-electron chi connectivity index (χ1n) is 9.47. The van der Waals surface area contributed by atoms with Gasteiger partial charge in [0.15, 0.2) is 0 Å². The van der Waals surface area contributed by atoms with Crippen LogP contribution in [0, 0.1) is 5.92 Å². The van der Waals surface area contributed by atoms with E-state index < -0.39 is 0 Å². The first-order chi connectivity index (χ1) is 12.1. The molecule has 1 N–H and O–H groups in total. The summed E-state index contributed by atoms with van der Waals surface area (Å²) >= 11 is 0. The van der Waals surface area contributed by atoms with Crippen LogP contribution in [0.4, 0.5) is 5.69 Å². The lowest BCUT2D eigenvalue weighted by molar-refractivity contribution is -0.114. The molecular formula is C20H31N3O2. The minimum Gasteiger partial charge on any atom is -0.381 e. The Morgan fingerprint density at radius 1 is 1.32 bits per heavy atom.